The third-order valence-corrected chi connectivity index (χ3v) is 5.50. The lowest BCUT2D eigenvalue weighted by Crippen LogP contribution is -2.20. The molecule has 0 saturated heterocycles. The summed E-state index contributed by atoms with van der Waals surface area (Å²) in [4.78, 5) is 7.03. The Bertz CT molecular complexity index is 880. The molecule has 0 amide bonds. The zero-order valence-electron chi connectivity index (χ0n) is 15.7. The lowest BCUT2D eigenvalue weighted by Gasteiger charge is -2.16. The van der Waals surface area contributed by atoms with Crippen molar-refractivity contribution >= 4 is 22.9 Å². The lowest BCUT2D eigenvalue weighted by molar-refractivity contribution is 0.327. The Hall–Kier alpha value is -2.08. The van der Waals surface area contributed by atoms with Crippen LogP contribution in [0, 0.1) is 0 Å². The standard InChI is InChI=1S/C21H23ClN2O2S/c1-24(11-10-15-4-9-19(25-2)20(12-15)26-3)13-18-14-27-21(23-18)16-5-7-17(22)8-6-16/h4-9,12,14H,10-11,13H2,1-3H3. The average Bonchev–Trinajstić information content (AvgIpc) is 3.15. The van der Waals surface area contributed by atoms with E-state index in [1.165, 1.54) is 5.56 Å². The Morgan fingerprint density at radius 2 is 1.78 bits per heavy atom. The minimum atomic E-state index is 0.741. The summed E-state index contributed by atoms with van der Waals surface area (Å²) in [6, 6.07) is 13.9. The fourth-order valence-electron chi connectivity index (χ4n) is 2.82. The van der Waals surface area contributed by atoms with E-state index in [9.17, 15) is 0 Å². The van der Waals surface area contributed by atoms with Crippen LogP contribution >= 0.6 is 22.9 Å². The van der Waals surface area contributed by atoms with Crippen LogP contribution in [0.1, 0.15) is 11.3 Å². The van der Waals surface area contributed by atoms with Crippen LogP contribution in [0.15, 0.2) is 47.8 Å². The highest BCUT2D eigenvalue weighted by Crippen LogP contribution is 2.28. The number of halogens is 1. The number of ether oxygens (including phenoxy) is 2. The van der Waals surface area contributed by atoms with E-state index in [1.807, 2.05) is 36.4 Å². The average molecular weight is 403 g/mol. The molecule has 0 radical (unpaired) electrons. The van der Waals surface area contributed by atoms with Gasteiger partial charge in [-0.05, 0) is 43.3 Å². The maximum absolute atomic E-state index is 5.96. The van der Waals surface area contributed by atoms with Gasteiger partial charge in [0.15, 0.2) is 11.5 Å². The number of aromatic nitrogens is 1. The highest BCUT2D eigenvalue weighted by Gasteiger charge is 2.09. The van der Waals surface area contributed by atoms with Crippen molar-refractivity contribution < 1.29 is 9.47 Å². The molecule has 0 N–H and O–H groups in total. The van der Waals surface area contributed by atoms with Crippen LogP contribution in [0.5, 0.6) is 11.5 Å². The van der Waals surface area contributed by atoms with Gasteiger partial charge in [-0.2, -0.15) is 0 Å². The van der Waals surface area contributed by atoms with E-state index in [2.05, 4.69) is 23.4 Å². The van der Waals surface area contributed by atoms with Gasteiger partial charge < -0.3 is 14.4 Å². The maximum Gasteiger partial charge on any atom is 0.160 e. The molecule has 0 aliphatic carbocycles. The van der Waals surface area contributed by atoms with Gasteiger partial charge >= 0.3 is 0 Å². The van der Waals surface area contributed by atoms with Crippen LogP contribution < -0.4 is 9.47 Å². The molecule has 142 valence electrons. The van der Waals surface area contributed by atoms with E-state index in [1.54, 1.807) is 25.6 Å². The number of likely N-dealkylation sites (N-methyl/N-ethyl adjacent to an activating group) is 1. The summed E-state index contributed by atoms with van der Waals surface area (Å²) in [5.74, 6) is 1.52. The maximum atomic E-state index is 5.96. The van der Waals surface area contributed by atoms with Crippen molar-refractivity contribution in [2.75, 3.05) is 27.8 Å². The minimum absolute atomic E-state index is 0.741. The number of nitrogens with zero attached hydrogens (tertiary/aromatic N) is 2. The molecule has 3 aromatic rings. The van der Waals surface area contributed by atoms with Crippen LogP contribution in [-0.2, 0) is 13.0 Å². The number of benzene rings is 2. The van der Waals surface area contributed by atoms with Crippen molar-refractivity contribution in [3.8, 4) is 22.1 Å². The van der Waals surface area contributed by atoms with Gasteiger partial charge in [0.1, 0.15) is 5.01 Å². The van der Waals surface area contributed by atoms with Gasteiger partial charge in [-0.25, -0.2) is 4.98 Å². The molecular formula is C21H23ClN2O2S. The quantitative estimate of drug-likeness (QED) is 0.521. The van der Waals surface area contributed by atoms with Crippen molar-refractivity contribution in [1.82, 2.24) is 9.88 Å². The van der Waals surface area contributed by atoms with Crippen molar-refractivity contribution in [2.24, 2.45) is 0 Å². The van der Waals surface area contributed by atoms with E-state index in [0.29, 0.717) is 0 Å². The highest BCUT2D eigenvalue weighted by atomic mass is 35.5. The molecule has 6 heteroatoms. The van der Waals surface area contributed by atoms with Crippen LogP contribution in [0.25, 0.3) is 10.6 Å². The molecule has 2 aromatic carbocycles. The summed E-state index contributed by atoms with van der Waals surface area (Å²) in [6.07, 6.45) is 0.936. The number of hydrogen-bond acceptors (Lipinski definition) is 5. The number of rotatable bonds is 8. The van der Waals surface area contributed by atoms with E-state index in [0.717, 1.165) is 52.3 Å². The summed E-state index contributed by atoms with van der Waals surface area (Å²) in [6.45, 7) is 1.75. The molecule has 0 spiro atoms. The van der Waals surface area contributed by atoms with Gasteiger partial charge in [0.05, 0.1) is 19.9 Å². The zero-order valence-corrected chi connectivity index (χ0v) is 17.3. The highest BCUT2D eigenvalue weighted by molar-refractivity contribution is 7.13. The Morgan fingerprint density at radius 1 is 1.04 bits per heavy atom. The fourth-order valence-corrected chi connectivity index (χ4v) is 3.76. The normalized spacial score (nSPS) is 11.0. The molecule has 0 saturated carbocycles. The molecule has 0 atom stereocenters. The molecule has 0 bridgehead atoms. The first kappa shape index (κ1) is 19.7. The van der Waals surface area contributed by atoms with Gasteiger partial charge in [0.25, 0.3) is 0 Å². The molecular weight excluding hydrogens is 380 g/mol. The van der Waals surface area contributed by atoms with Crippen LogP contribution in [0.3, 0.4) is 0 Å². The van der Waals surface area contributed by atoms with Crippen LogP contribution in [0.2, 0.25) is 5.02 Å². The molecule has 0 aliphatic rings. The van der Waals surface area contributed by atoms with Crippen LogP contribution in [-0.4, -0.2) is 37.7 Å². The zero-order chi connectivity index (χ0) is 19.2. The van der Waals surface area contributed by atoms with Gasteiger partial charge in [0, 0.05) is 29.1 Å². The summed E-state index contributed by atoms with van der Waals surface area (Å²) < 4.78 is 10.7. The molecule has 0 fully saturated rings. The first-order valence-corrected chi connectivity index (χ1v) is 9.94. The minimum Gasteiger partial charge on any atom is -0.493 e. The van der Waals surface area contributed by atoms with Crippen molar-refractivity contribution in [2.45, 2.75) is 13.0 Å². The molecule has 3 rings (SSSR count). The first-order valence-electron chi connectivity index (χ1n) is 8.69. The van der Waals surface area contributed by atoms with E-state index >= 15 is 0 Å². The van der Waals surface area contributed by atoms with Crippen molar-refractivity contribution in [3.05, 3.63) is 64.1 Å². The fraction of sp³-hybridized carbons (Fsp3) is 0.286. The van der Waals surface area contributed by atoms with E-state index in [-0.39, 0.29) is 0 Å². The number of thiazole rings is 1. The Kier molecular flexibility index (Phi) is 6.72. The van der Waals surface area contributed by atoms with Crippen molar-refractivity contribution in [1.29, 1.82) is 0 Å². The smallest absolute Gasteiger partial charge is 0.160 e. The third-order valence-electron chi connectivity index (χ3n) is 4.30. The van der Waals surface area contributed by atoms with Crippen LogP contribution in [0.4, 0.5) is 0 Å². The Morgan fingerprint density at radius 3 is 2.48 bits per heavy atom. The summed E-state index contributed by atoms with van der Waals surface area (Å²) in [7, 11) is 5.42. The Labute approximate surface area is 169 Å². The predicted molar refractivity (Wildman–Crippen MR) is 112 cm³/mol. The summed E-state index contributed by atoms with van der Waals surface area (Å²) in [5, 5.41) is 3.89. The lowest BCUT2D eigenvalue weighted by atomic mass is 10.1. The summed E-state index contributed by atoms with van der Waals surface area (Å²) in [5.41, 5.74) is 3.41. The summed E-state index contributed by atoms with van der Waals surface area (Å²) >= 11 is 7.62. The molecule has 4 nitrogen and oxygen atoms in total. The monoisotopic (exact) mass is 402 g/mol. The van der Waals surface area contributed by atoms with E-state index < -0.39 is 0 Å². The van der Waals surface area contributed by atoms with Gasteiger partial charge in [0.2, 0.25) is 0 Å². The van der Waals surface area contributed by atoms with Crippen molar-refractivity contribution in [3.63, 3.8) is 0 Å². The molecule has 1 aromatic heterocycles. The molecule has 27 heavy (non-hydrogen) atoms. The second-order valence-corrected chi connectivity index (χ2v) is 7.62. The third kappa shape index (κ3) is 5.22. The van der Waals surface area contributed by atoms with Gasteiger partial charge in [-0.3, -0.25) is 0 Å². The number of hydrogen-bond donors (Lipinski definition) is 0. The molecule has 0 unspecified atom stereocenters. The predicted octanol–water partition coefficient (Wildman–Crippen LogP) is 5.16. The molecule has 1 heterocycles. The largest absolute Gasteiger partial charge is 0.493 e. The molecule has 0 aliphatic heterocycles. The van der Waals surface area contributed by atoms with Gasteiger partial charge in [-0.1, -0.05) is 29.8 Å². The topological polar surface area (TPSA) is 34.6 Å². The second-order valence-electron chi connectivity index (χ2n) is 6.33. The van der Waals surface area contributed by atoms with Gasteiger partial charge in [-0.15, -0.1) is 11.3 Å². The SMILES string of the molecule is COc1ccc(CCN(C)Cc2csc(-c3ccc(Cl)cc3)n2)cc1OC. The number of methoxy groups -OCH3 is 2. The second kappa shape index (κ2) is 9.22. The van der Waals surface area contributed by atoms with E-state index in [4.69, 9.17) is 26.1 Å². The Balaban J connectivity index is 1.57. The first-order chi connectivity index (χ1) is 13.1.